The van der Waals surface area contributed by atoms with Crippen molar-refractivity contribution in [2.75, 3.05) is 50.2 Å². The Morgan fingerprint density at radius 2 is 0.953 bits per heavy atom. The first-order valence-corrected chi connectivity index (χ1v) is 28.8. The largest absolute Gasteiger partial charge is 0.481 e. The van der Waals surface area contributed by atoms with Crippen LogP contribution >= 0.6 is 23.2 Å². The first kappa shape index (κ1) is 62.9. The van der Waals surface area contributed by atoms with Crippen LogP contribution in [0.3, 0.4) is 0 Å². The van der Waals surface area contributed by atoms with Crippen molar-refractivity contribution in [1.29, 1.82) is 10.5 Å². The number of nitrogens with one attached hydrogen (secondary N) is 4. The Balaban J connectivity index is 0.866. The van der Waals surface area contributed by atoms with Crippen LogP contribution in [0.15, 0.2) is 109 Å². The zero-order chi connectivity index (χ0) is 61.7. The zero-order valence-corrected chi connectivity index (χ0v) is 50.6. The van der Waals surface area contributed by atoms with Gasteiger partial charge in [0.15, 0.2) is 0 Å². The van der Waals surface area contributed by atoms with Gasteiger partial charge in [0.05, 0.1) is 58.4 Å². The summed E-state index contributed by atoms with van der Waals surface area (Å²) in [6.45, 7) is 12.5. The lowest BCUT2D eigenvalue weighted by molar-refractivity contribution is -0.128. The average Bonchev–Trinajstić information content (AvgIpc) is 3.19. The molecule has 8 rings (SSSR count). The second kappa shape index (κ2) is 28.2. The predicted molar refractivity (Wildman–Crippen MR) is 329 cm³/mol. The third kappa shape index (κ3) is 15.2. The third-order valence-corrected chi connectivity index (χ3v) is 15.2. The maximum Gasteiger partial charge on any atom is 0.249 e. The number of aromatic nitrogens is 2. The van der Waals surface area contributed by atoms with Crippen molar-refractivity contribution in [2.45, 2.75) is 102 Å². The highest BCUT2D eigenvalue weighted by molar-refractivity contribution is 6.31. The van der Waals surface area contributed by atoms with E-state index in [0.29, 0.717) is 93.2 Å². The van der Waals surface area contributed by atoms with Gasteiger partial charge in [-0.2, -0.15) is 10.5 Å². The van der Waals surface area contributed by atoms with Gasteiger partial charge in [-0.15, -0.1) is 0 Å². The molecule has 4 aromatic carbocycles. The van der Waals surface area contributed by atoms with E-state index in [4.69, 9.17) is 52.1 Å². The molecule has 20 heteroatoms. The minimum Gasteiger partial charge on any atom is -0.481 e. The number of amides is 4. The van der Waals surface area contributed by atoms with Crippen LogP contribution < -0.4 is 50.0 Å². The summed E-state index contributed by atoms with van der Waals surface area (Å²) in [5, 5.41) is 32.2. The van der Waals surface area contributed by atoms with Crippen LogP contribution in [0, 0.1) is 46.3 Å². The van der Waals surface area contributed by atoms with Gasteiger partial charge in [0.1, 0.15) is 71.9 Å². The Labute approximate surface area is 511 Å². The van der Waals surface area contributed by atoms with Crippen LogP contribution in [-0.4, -0.2) is 98.2 Å². The number of nitriles is 2. The molecule has 2 aliphatic rings. The fourth-order valence-corrected chi connectivity index (χ4v) is 10.6. The van der Waals surface area contributed by atoms with E-state index in [1.165, 1.54) is 12.1 Å². The van der Waals surface area contributed by atoms with Gasteiger partial charge in [-0.3, -0.25) is 29.1 Å². The fourth-order valence-electron chi connectivity index (χ4n) is 10.2. The molecule has 4 amide bonds. The van der Waals surface area contributed by atoms with Crippen LogP contribution in [0.5, 0.6) is 34.5 Å². The van der Waals surface area contributed by atoms with Crippen molar-refractivity contribution in [3.63, 3.8) is 0 Å². The van der Waals surface area contributed by atoms with Crippen molar-refractivity contribution in [3.8, 4) is 70.3 Å². The number of hydrogen-bond acceptors (Lipinski definition) is 14. The number of ether oxygens (including phenoxy) is 4. The monoisotopic (exact) mass is 1200 g/mol. The summed E-state index contributed by atoms with van der Waals surface area (Å²) in [4.78, 5) is 69.1. The second-order valence-corrected chi connectivity index (χ2v) is 22.8. The Morgan fingerprint density at radius 3 is 1.30 bits per heavy atom. The molecule has 2 aromatic heterocycles. The van der Waals surface area contributed by atoms with Crippen molar-refractivity contribution >= 4 is 58.2 Å². The Morgan fingerprint density at radius 1 is 0.570 bits per heavy atom. The lowest BCUT2D eigenvalue weighted by atomic mass is 9.91. The first-order valence-electron chi connectivity index (χ1n) is 28.0. The van der Waals surface area contributed by atoms with Crippen molar-refractivity contribution < 1.29 is 38.1 Å². The number of halogens is 2. The predicted octanol–water partition coefficient (Wildman–Crippen LogP) is 9.28. The molecule has 0 bridgehead atoms. The molecule has 0 unspecified atom stereocenters. The van der Waals surface area contributed by atoms with Gasteiger partial charge in [-0.25, -0.2) is 0 Å². The van der Waals surface area contributed by atoms with Crippen molar-refractivity contribution in [1.82, 2.24) is 31.2 Å². The molecule has 0 aliphatic carbocycles. The van der Waals surface area contributed by atoms with Crippen LogP contribution in [0.4, 0.5) is 11.4 Å². The van der Waals surface area contributed by atoms with E-state index in [2.05, 4.69) is 57.1 Å². The molecule has 0 spiro atoms. The molecule has 4 N–H and O–H groups in total. The molecule has 0 saturated heterocycles. The van der Waals surface area contributed by atoms with E-state index >= 15 is 0 Å². The van der Waals surface area contributed by atoms with E-state index in [1.807, 2.05) is 65.8 Å². The van der Waals surface area contributed by atoms with E-state index < -0.39 is 35.0 Å². The number of anilines is 2. The molecule has 6 aromatic rings. The molecule has 0 radical (unpaired) electrons. The quantitative estimate of drug-likeness (QED) is 0.0464. The number of hydrogen-bond donors (Lipinski definition) is 4. The Kier molecular flexibility index (Phi) is 20.6. The highest BCUT2D eigenvalue weighted by atomic mass is 35.5. The van der Waals surface area contributed by atoms with E-state index in [9.17, 15) is 29.7 Å². The number of carbonyl (C=O) groups is 4. The summed E-state index contributed by atoms with van der Waals surface area (Å²) >= 11 is 12.2. The fraction of sp³-hybridized carbons (Fsp3) is 0.333. The summed E-state index contributed by atoms with van der Waals surface area (Å²) in [6.07, 6.45) is 4.51. The molecular formula is C66H66Cl2N10O8. The maximum atomic E-state index is 14.7. The molecule has 86 heavy (non-hydrogen) atoms. The second-order valence-electron chi connectivity index (χ2n) is 21.9. The normalized spacial score (nSPS) is 14.6. The van der Waals surface area contributed by atoms with Crippen molar-refractivity contribution in [3.05, 3.63) is 153 Å². The SMILES string of the molecule is CC[C@H](NC)C(=O)N[C@@H](Cc1ccc(OCC#CC#CCOc2ccc(C[C@H](NC(=O)[C@H](CC)NC)C(=O)N3CC(C)(C)c4ncc(Oc5ccc(Cl)cc5C#N)cc43)cc2)cc1)C(=O)N1CC(C)(C)c2ncc(Oc3ccc(Cl)cc3C#N)cc21. The third-order valence-electron chi connectivity index (χ3n) is 14.7. The first-order chi connectivity index (χ1) is 41.3. The zero-order valence-electron chi connectivity index (χ0n) is 49.1. The van der Waals surface area contributed by atoms with Gasteiger partial charge >= 0.3 is 0 Å². The molecule has 18 nitrogen and oxygen atoms in total. The molecule has 442 valence electrons. The van der Waals surface area contributed by atoms with Crippen molar-refractivity contribution in [2.24, 2.45) is 0 Å². The summed E-state index contributed by atoms with van der Waals surface area (Å²) < 4.78 is 23.9. The number of carbonyl (C=O) groups excluding carboxylic acids is 4. The molecule has 0 saturated carbocycles. The molecule has 4 heterocycles. The highest BCUT2D eigenvalue weighted by Gasteiger charge is 2.44. The van der Waals surface area contributed by atoms with E-state index in [-0.39, 0.29) is 60.8 Å². The minimum atomic E-state index is -0.946. The number of benzene rings is 4. The number of nitrogens with zero attached hydrogens (tertiary/aromatic N) is 6. The van der Waals surface area contributed by atoms with Crippen LogP contribution in [0.25, 0.3) is 0 Å². The smallest absolute Gasteiger partial charge is 0.249 e. The van der Waals surface area contributed by atoms with Gasteiger partial charge in [-0.05, 0) is 122 Å². The molecule has 0 fully saturated rings. The lowest BCUT2D eigenvalue weighted by Crippen LogP contribution is -2.54. The molecule has 4 atom stereocenters. The maximum absolute atomic E-state index is 14.7. The lowest BCUT2D eigenvalue weighted by Gasteiger charge is -2.27. The summed E-state index contributed by atoms with van der Waals surface area (Å²) in [5.74, 6) is 12.4. The van der Waals surface area contributed by atoms with Crippen LogP contribution in [0.2, 0.25) is 10.0 Å². The van der Waals surface area contributed by atoms with Crippen LogP contribution in [0.1, 0.15) is 88.0 Å². The minimum absolute atomic E-state index is 0.0521. The molecule has 2 aliphatic heterocycles. The molecular weight excluding hydrogens is 1130 g/mol. The van der Waals surface area contributed by atoms with Gasteiger partial charge in [-0.1, -0.05) is 89.0 Å². The van der Waals surface area contributed by atoms with Gasteiger partial charge in [0.2, 0.25) is 23.6 Å². The standard InChI is InChI=1S/C66H66Cl2N10O8/c1-9-51(71-7)61(79)75-53(63(81)77-39-65(3,4)59-55(77)33-49(37-73-59)85-57-25-19-45(67)31-43(57)35-69)29-41-15-21-47(22-16-41)83-27-13-11-12-14-28-84-48-23-17-42(18-24-48)30-54(76-62(80)52(10-2)72-8)64(82)78-40-66(5,6)60-56(78)34-50(38-74-60)86-58-26-20-46(68)32-44(58)36-70/h15-26,31-34,37-38,51-54,71-72H,9-10,27-30,39-40H2,1-8H3,(H,75,79)(H,76,80)/t51-,52-,53-,54-/m0/s1. The van der Waals surface area contributed by atoms with Crippen LogP contribution in [-0.2, 0) is 42.8 Å². The summed E-state index contributed by atoms with van der Waals surface area (Å²) in [6, 6.07) is 28.6. The van der Waals surface area contributed by atoms with Gasteiger partial charge < -0.3 is 50.0 Å². The Hall–Kier alpha value is -9.14. The number of rotatable bonds is 22. The number of likely N-dealkylation sites (N-methyl/N-ethyl adjacent to an activating group) is 2. The summed E-state index contributed by atoms with van der Waals surface area (Å²) in [7, 11) is 3.40. The number of pyridine rings is 2. The number of fused-ring (bicyclic) bond motifs is 2. The van der Waals surface area contributed by atoms with E-state index in [1.54, 1.807) is 97.0 Å². The van der Waals surface area contributed by atoms with E-state index in [0.717, 1.165) is 11.1 Å². The van der Waals surface area contributed by atoms with Gasteiger partial charge in [0.25, 0.3) is 0 Å². The Bertz CT molecular complexity index is 3480. The topological polar surface area (TPSA) is 233 Å². The van der Waals surface area contributed by atoms with Gasteiger partial charge in [0, 0.05) is 58.9 Å². The highest BCUT2D eigenvalue weighted by Crippen LogP contribution is 2.44. The summed E-state index contributed by atoms with van der Waals surface area (Å²) in [5.41, 5.74) is 3.47. The average molecular weight is 1200 g/mol.